The molecule has 0 radical (unpaired) electrons. The van der Waals surface area contributed by atoms with Crippen molar-refractivity contribution < 1.29 is 33.1 Å². The van der Waals surface area contributed by atoms with Gasteiger partial charge < -0.3 is 9.94 Å². The van der Waals surface area contributed by atoms with E-state index in [9.17, 15) is 23.2 Å². The second-order valence-electron chi connectivity index (χ2n) is 4.55. The normalized spacial score (nSPS) is 18.3. The molecule has 0 saturated carbocycles. The predicted molar refractivity (Wildman–Crippen MR) is 83.6 cm³/mol. The fourth-order valence-corrected chi connectivity index (χ4v) is 1.53. The Kier molecular flexibility index (Phi) is 8.25. The monoisotopic (exact) mass is 403 g/mol. The largest absolute Gasteiger partial charge is 0.478 e. The van der Waals surface area contributed by atoms with Crippen LogP contribution in [0.5, 0.6) is 0 Å². The van der Waals surface area contributed by atoms with Gasteiger partial charge in [0, 0.05) is 18.1 Å². The Labute approximate surface area is 150 Å². The molecule has 0 saturated heterocycles. The molecular weight excluding hydrogens is 395 g/mol. The first kappa shape index (κ1) is 22.2. The fourth-order valence-electron chi connectivity index (χ4n) is 1.53. The average Bonchev–Trinajstić information content (AvgIpc) is 2.82. The zero-order chi connectivity index (χ0) is 17.8. The van der Waals surface area contributed by atoms with Gasteiger partial charge in [0.1, 0.15) is 11.6 Å². The molecule has 0 bridgehead atoms. The van der Waals surface area contributed by atoms with Gasteiger partial charge in [0.2, 0.25) is 5.60 Å². The minimum absolute atomic E-state index is 0. The maximum atomic E-state index is 13.0. The van der Waals surface area contributed by atoms with Crippen molar-refractivity contribution in [3.05, 3.63) is 35.4 Å². The number of carboxylic acid groups (broad SMARTS) is 1. The fraction of sp³-hybridized carbons (Fsp3) is 0.231. The van der Waals surface area contributed by atoms with Crippen LogP contribution in [0.2, 0.25) is 0 Å². The minimum atomic E-state index is -1.47. The molecule has 1 aliphatic rings. The third-order valence-corrected chi connectivity index (χ3v) is 3.10. The first-order valence-corrected chi connectivity index (χ1v) is 6.65. The summed E-state index contributed by atoms with van der Waals surface area (Å²) < 4.78 is 26.0. The Bertz CT molecular complexity index is 666. The molecule has 0 fully saturated rings. The molecule has 1 heterocycles. The standard InChI is InChI=1S/C11H9F2NO3.C2Cl2O2.ClH/c1-11(10(15)16)5-9(14-17-11)6-2-7(12)4-8(13)3-6;3-1(5)2(4)6;/h2-4H,5H2,1H3,(H,15,16);;1H. The van der Waals surface area contributed by atoms with Gasteiger partial charge in [0.15, 0.2) is 0 Å². The first-order valence-electron chi connectivity index (χ1n) is 5.89. The molecule has 1 aromatic carbocycles. The zero-order valence-electron chi connectivity index (χ0n) is 11.9. The van der Waals surface area contributed by atoms with Crippen molar-refractivity contribution in [2.24, 2.45) is 5.16 Å². The van der Waals surface area contributed by atoms with Crippen molar-refractivity contribution in [3.8, 4) is 0 Å². The molecule has 24 heavy (non-hydrogen) atoms. The van der Waals surface area contributed by atoms with Gasteiger partial charge in [0.05, 0.1) is 5.71 Å². The van der Waals surface area contributed by atoms with Gasteiger partial charge in [-0.25, -0.2) is 13.6 Å². The van der Waals surface area contributed by atoms with Gasteiger partial charge in [-0.05, 0) is 42.3 Å². The predicted octanol–water partition coefficient (Wildman–Crippen LogP) is 2.87. The number of carbonyl (C=O) groups is 3. The molecule has 1 N–H and O–H groups in total. The quantitative estimate of drug-likeness (QED) is 0.618. The summed E-state index contributed by atoms with van der Waals surface area (Å²) in [5.74, 6) is -2.66. The lowest BCUT2D eigenvalue weighted by molar-refractivity contribution is -0.160. The summed E-state index contributed by atoms with van der Waals surface area (Å²) in [5, 5.41) is 10.2. The molecule has 6 nitrogen and oxygen atoms in total. The smallest absolute Gasteiger partial charge is 0.351 e. The van der Waals surface area contributed by atoms with Crippen LogP contribution < -0.4 is 0 Å². The van der Waals surface area contributed by atoms with E-state index < -0.39 is 33.7 Å². The topological polar surface area (TPSA) is 93.0 Å². The number of carboxylic acids is 1. The van der Waals surface area contributed by atoms with Gasteiger partial charge in [-0.1, -0.05) is 5.16 Å². The van der Waals surface area contributed by atoms with E-state index in [1.54, 1.807) is 0 Å². The van der Waals surface area contributed by atoms with E-state index in [4.69, 9.17) is 9.94 Å². The highest BCUT2D eigenvalue weighted by atomic mass is 35.5. The molecule has 0 amide bonds. The number of hydrogen-bond donors (Lipinski definition) is 1. The number of nitrogens with zero attached hydrogens (tertiary/aromatic N) is 1. The van der Waals surface area contributed by atoms with Crippen molar-refractivity contribution >= 4 is 57.8 Å². The minimum Gasteiger partial charge on any atom is -0.478 e. The van der Waals surface area contributed by atoms with E-state index in [-0.39, 0.29) is 30.1 Å². The van der Waals surface area contributed by atoms with Gasteiger partial charge in [0.25, 0.3) is 0 Å². The SMILES string of the molecule is CC1(C(=O)O)CC(c2cc(F)cc(F)c2)=NO1.Cl.O=C(Cl)C(=O)Cl. The lowest BCUT2D eigenvalue weighted by Crippen LogP contribution is -2.35. The first-order chi connectivity index (χ1) is 10.5. The average molecular weight is 405 g/mol. The number of halogens is 5. The Morgan fingerprint density at radius 3 is 1.96 bits per heavy atom. The summed E-state index contributed by atoms with van der Waals surface area (Å²) in [4.78, 5) is 34.5. The van der Waals surface area contributed by atoms with Crippen LogP contribution in [0.1, 0.15) is 18.9 Å². The van der Waals surface area contributed by atoms with Gasteiger partial charge in [-0.3, -0.25) is 9.59 Å². The molecule has 2 rings (SSSR count). The van der Waals surface area contributed by atoms with E-state index in [2.05, 4.69) is 28.4 Å². The molecule has 0 aromatic heterocycles. The van der Waals surface area contributed by atoms with E-state index in [0.717, 1.165) is 18.2 Å². The highest BCUT2D eigenvalue weighted by Crippen LogP contribution is 2.27. The Morgan fingerprint density at radius 2 is 1.62 bits per heavy atom. The maximum Gasteiger partial charge on any atom is 0.351 e. The third-order valence-electron chi connectivity index (χ3n) is 2.66. The molecular formula is C13H10Cl3F2NO5. The van der Waals surface area contributed by atoms with Crippen molar-refractivity contribution in [2.45, 2.75) is 18.9 Å². The number of oxime groups is 1. The second-order valence-corrected chi connectivity index (χ2v) is 5.23. The second kappa shape index (κ2) is 8.91. The van der Waals surface area contributed by atoms with Crippen molar-refractivity contribution in [3.63, 3.8) is 0 Å². The van der Waals surface area contributed by atoms with Crippen LogP contribution in [0.15, 0.2) is 23.4 Å². The molecule has 132 valence electrons. The van der Waals surface area contributed by atoms with Crippen LogP contribution in [0, 0.1) is 11.6 Å². The van der Waals surface area contributed by atoms with Crippen LogP contribution in [0.3, 0.4) is 0 Å². The summed E-state index contributed by atoms with van der Waals surface area (Å²) in [6.07, 6.45) is -0.0365. The Hall–Kier alpha value is -1.77. The Morgan fingerprint density at radius 1 is 1.17 bits per heavy atom. The summed E-state index contributed by atoms with van der Waals surface area (Å²) in [5.41, 5.74) is -1.07. The van der Waals surface area contributed by atoms with Crippen molar-refractivity contribution in [1.82, 2.24) is 0 Å². The molecule has 11 heteroatoms. The zero-order valence-corrected chi connectivity index (χ0v) is 14.2. The molecule has 1 aromatic rings. The van der Waals surface area contributed by atoms with Gasteiger partial charge >= 0.3 is 16.5 Å². The van der Waals surface area contributed by atoms with Crippen LogP contribution in [-0.4, -0.2) is 32.9 Å². The van der Waals surface area contributed by atoms with E-state index in [1.807, 2.05) is 0 Å². The van der Waals surface area contributed by atoms with Crippen molar-refractivity contribution in [1.29, 1.82) is 0 Å². The number of rotatable bonds is 3. The van der Waals surface area contributed by atoms with E-state index in [1.165, 1.54) is 6.92 Å². The molecule has 0 aliphatic carbocycles. The maximum absolute atomic E-state index is 13.0. The van der Waals surface area contributed by atoms with E-state index in [0.29, 0.717) is 0 Å². The van der Waals surface area contributed by atoms with Crippen molar-refractivity contribution in [2.75, 3.05) is 0 Å². The van der Waals surface area contributed by atoms with E-state index >= 15 is 0 Å². The molecule has 0 spiro atoms. The number of hydrogen-bond acceptors (Lipinski definition) is 5. The number of carbonyl (C=O) groups excluding carboxylic acids is 2. The number of benzene rings is 1. The van der Waals surface area contributed by atoms with Crippen LogP contribution in [0.25, 0.3) is 0 Å². The Balaban J connectivity index is 0.000000655. The molecule has 1 unspecified atom stereocenters. The van der Waals surface area contributed by atoms with Crippen LogP contribution in [0.4, 0.5) is 8.78 Å². The van der Waals surface area contributed by atoms with Gasteiger partial charge in [-0.2, -0.15) is 0 Å². The molecule has 1 atom stereocenters. The lowest BCUT2D eigenvalue weighted by Gasteiger charge is -2.14. The summed E-state index contributed by atoms with van der Waals surface area (Å²) in [7, 11) is 0. The lowest BCUT2D eigenvalue weighted by atomic mass is 9.96. The van der Waals surface area contributed by atoms with Crippen LogP contribution in [-0.2, 0) is 19.2 Å². The molecule has 1 aliphatic heterocycles. The van der Waals surface area contributed by atoms with Gasteiger partial charge in [-0.15, -0.1) is 12.4 Å². The third kappa shape index (κ3) is 6.03. The highest BCUT2D eigenvalue weighted by Gasteiger charge is 2.42. The highest BCUT2D eigenvalue weighted by molar-refractivity contribution is 6.97. The number of aliphatic carboxylic acids is 1. The summed E-state index contributed by atoms with van der Waals surface area (Å²) in [6, 6.07) is 2.90. The summed E-state index contributed by atoms with van der Waals surface area (Å²) in [6.45, 7) is 1.35. The van der Waals surface area contributed by atoms with Crippen LogP contribution >= 0.6 is 35.6 Å². The summed E-state index contributed by atoms with van der Waals surface area (Å²) >= 11 is 8.98.